The molecule has 0 aromatic carbocycles. The van der Waals surface area contributed by atoms with Gasteiger partial charge in [0.1, 0.15) is 18.1 Å². The number of hydrogen-bond acceptors (Lipinski definition) is 7. The van der Waals surface area contributed by atoms with Gasteiger partial charge in [0.2, 0.25) is 0 Å². The van der Waals surface area contributed by atoms with Gasteiger partial charge >= 0.3 is 0 Å². The first-order valence-electron chi connectivity index (χ1n) is 15.7. The van der Waals surface area contributed by atoms with Crippen LogP contribution in [-0.4, -0.2) is 65.9 Å². The van der Waals surface area contributed by atoms with Gasteiger partial charge in [-0.2, -0.15) is 0 Å². The fourth-order valence-electron chi connectivity index (χ4n) is 4.96. The Morgan fingerprint density at radius 2 is 1.64 bits per heavy atom. The number of ether oxygens (including phenoxy) is 2. The van der Waals surface area contributed by atoms with Crippen LogP contribution in [0.1, 0.15) is 92.8 Å². The number of oxazole rings is 1. The molecule has 1 aromatic rings. The lowest BCUT2D eigenvalue weighted by atomic mass is 9.76. The Labute approximate surface area is 273 Å². The second-order valence-electron chi connectivity index (χ2n) is 13.9. The molecule has 0 aliphatic carbocycles. The van der Waals surface area contributed by atoms with Crippen molar-refractivity contribution in [2.24, 2.45) is 11.3 Å². The van der Waals surface area contributed by atoms with Crippen LogP contribution in [-0.2, 0) is 24.7 Å². The smallest absolute Gasteiger partial charge is 0.196 e. The van der Waals surface area contributed by atoms with Crippen LogP contribution in [0.25, 0.3) is 0 Å². The highest BCUT2D eigenvalue weighted by molar-refractivity contribution is 14.1. The van der Waals surface area contributed by atoms with E-state index >= 15 is 0 Å². The Bertz CT molecular complexity index is 920. The molecule has 1 N–H and O–H groups in total. The molecule has 0 saturated heterocycles. The maximum Gasteiger partial charge on any atom is 0.196 e. The van der Waals surface area contributed by atoms with Crippen LogP contribution in [0.2, 0.25) is 36.3 Å². The molecule has 10 heteroatoms. The molecule has 246 valence electrons. The summed E-state index contributed by atoms with van der Waals surface area (Å²) >= 11 is 2.21. The van der Waals surface area contributed by atoms with E-state index in [0.29, 0.717) is 25.3 Å². The molecule has 1 rings (SSSR count). The Morgan fingerprint density at radius 1 is 1.05 bits per heavy atom. The van der Waals surface area contributed by atoms with Crippen molar-refractivity contribution in [1.82, 2.24) is 4.98 Å². The third kappa shape index (κ3) is 11.1. The molecule has 0 spiro atoms. The van der Waals surface area contributed by atoms with E-state index in [0.717, 1.165) is 30.2 Å². The van der Waals surface area contributed by atoms with Gasteiger partial charge in [-0.05, 0) is 46.8 Å². The minimum absolute atomic E-state index is 0.140. The molecule has 0 aliphatic heterocycles. The number of aliphatic hydroxyl groups excluding tert-OH is 1. The van der Waals surface area contributed by atoms with Crippen molar-refractivity contribution >= 4 is 39.2 Å². The van der Waals surface area contributed by atoms with E-state index in [2.05, 4.69) is 104 Å². The van der Waals surface area contributed by atoms with Gasteiger partial charge in [0, 0.05) is 45.0 Å². The molecule has 7 nitrogen and oxygen atoms in total. The topological polar surface area (TPSA) is 83.2 Å². The van der Waals surface area contributed by atoms with E-state index < -0.39 is 28.2 Å². The summed E-state index contributed by atoms with van der Waals surface area (Å²) in [5.41, 5.74) is 0.201. The summed E-state index contributed by atoms with van der Waals surface area (Å²) in [6.07, 6.45) is 4.23. The predicted octanol–water partition coefficient (Wildman–Crippen LogP) is 9.08. The fraction of sp³-hybridized carbons (Fsp3) is 0.844. The molecule has 1 aromatic heterocycles. The largest absolute Gasteiger partial charge is 0.449 e. The Hall–Kier alpha value is -0.0862. The monoisotopic (exact) mass is 739 g/mol. The predicted molar refractivity (Wildman–Crippen MR) is 187 cm³/mol. The minimum Gasteiger partial charge on any atom is -0.449 e. The molecule has 0 fully saturated rings. The van der Waals surface area contributed by atoms with Crippen molar-refractivity contribution in [3.05, 3.63) is 28.0 Å². The van der Waals surface area contributed by atoms with Gasteiger partial charge in [-0.25, -0.2) is 4.98 Å². The van der Waals surface area contributed by atoms with Crippen molar-refractivity contribution < 1.29 is 27.8 Å². The Morgan fingerprint density at radius 3 is 2.12 bits per heavy atom. The number of hydrogen-bond donors (Lipinski definition) is 1. The summed E-state index contributed by atoms with van der Waals surface area (Å²) in [5, 5.41) is 12.0. The normalized spacial score (nSPS) is 17.4. The highest BCUT2D eigenvalue weighted by Gasteiger charge is 2.44. The van der Waals surface area contributed by atoms with E-state index in [9.17, 15) is 5.11 Å². The molecule has 0 radical (unpaired) electrons. The summed E-state index contributed by atoms with van der Waals surface area (Å²) in [5.74, 6) is 0.752. The van der Waals surface area contributed by atoms with Gasteiger partial charge < -0.3 is 27.8 Å². The zero-order valence-corrected chi connectivity index (χ0v) is 33.0. The number of nitrogens with zero attached hydrogens (tertiary/aromatic N) is 1. The fourth-order valence-corrected chi connectivity index (χ4v) is 9.36. The molecule has 0 bridgehead atoms. The molecule has 0 amide bonds. The molecule has 0 unspecified atom stereocenters. The number of aliphatic hydroxyl groups is 1. The maximum absolute atomic E-state index is 11.8. The zero-order valence-electron chi connectivity index (χ0n) is 28.9. The SMILES string of the molecule is CC[Si](CC)(CC)O[C@@H](Cc1nc([C@@H](C/C=C/I)OC)co1)C(C)(C)[C@@H](O)C[C@H](OC)[C@@H](C)CO[Si](C)(C)C(C)(C)C. The van der Waals surface area contributed by atoms with Crippen molar-refractivity contribution in [2.45, 2.75) is 142 Å². The first kappa shape index (κ1) is 39.9. The summed E-state index contributed by atoms with van der Waals surface area (Å²) in [6.45, 7) is 25.0. The second kappa shape index (κ2) is 17.6. The van der Waals surface area contributed by atoms with E-state index in [1.165, 1.54) is 0 Å². The summed E-state index contributed by atoms with van der Waals surface area (Å²) in [6, 6.07) is 3.07. The van der Waals surface area contributed by atoms with Crippen LogP contribution in [0.15, 0.2) is 20.8 Å². The Kier molecular flexibility index (Phi) is 16.7. The van der Waals surface area contributed by atoms with Crippen LogP contribution in [0.3, 0.4) is 0 Å². The number of halogens is 1. The van der Waals surface area contributed by atoms with Gasteiger partial charge in [0.05, 0.1) is 18.3 Å². The number of rotatable bonds is 20. The van der Waals surface area contributed by atoms with Crippen LogP contribution >= 0.6 is 22.6 Å². The third-order valence-electron chi connectivity index (χ3n) is 9.90. The number of aromatic nitrogens is 1. The standard InChI is InChI=1S/C32H62INO6Si2/c1-14-42(15-2,16-3)40-29(21-30-34-25(23-38-30)26(36-10)18-17-19-33)32(8,9)28(35)20-27(37-11)24(4)22-39-41(12,13)31(5,6)7/h17,19,23-24,26-29,35H,14-16,18,20-22H2,1-13H3/b19-17+/t24-,26+,27-,28-,29-/m0/s1. The molecule has 42 heavy (non-hydrogen) atoms. The highest BCUT2D eigenvalue weighted by Crippen LogP contribution is 2.39. The maximum atomic E-state index is 11.8. The van der Waals surface area contributed by atoms with E-state index in [1.807, 2.05) is 4.08 Å². The molecular weight excluding hydrogens is 677 g/mol. The second-order valence-corrected chi connectivity index (χ2v) is 24.2. The van der Waals surface area contributed by atoms with E-state index in [4.69, 9.17) is 27.7 Å². The van der Waals surface area contributed by atoms with E-state index in [-0.39, 0.29) is 29.3 Å². The van der Waals surface area contributed by atoms with Crippen molar-refractivity contribution in [3.8, 4) is 0 Å². The quantitative estimate of drug-likeness (QED) is 0.106. The highest BCUT2D eigenvalue weighted by atomic mass is 127. The average Bonchev–Trinajstić information content (AvgIpc) is 3.40. The number of methoxy groups -OCH3 is 2. The van der Waals surface area contributed by atoms with Crippen LogP contribution in [0, 0.1) is 11.3 Å². The van der Waals surface area contributed by atoms with Crippen LogP contribution < -0.4 is 0 Å². The molecular formula is C32H62INO6Si2. The van der Waals surface area contributed by atoms with Crippen molar-refractivity contribution in [3.63, 3.8) is 0 Å². The Balaban J connectivity index is 3.24. The van der Waals surface area contributed by atoms with Gasteiger partial charge in [0.15, 0.2) is 22.5 Å². The van der Waals surface area contributed by atoms with Gasteiger partial charge in [-0.3, -0.25) is 0 Å². The van der Waals surface area contributed by atoms with Gasteiger partial charge in [-0.1, -0.05) is 91.0 Å². The minimum atomic E-state index is -2.01. The lowest BCUT2D eigenvalue weighted by molar-refractivity contribution is -0.0770. The molecule has 0 aliphatic rings. The van der Waals surface area contributed by atoms with Crippen LogP contribution in [0.4, 0.5) is 0 Å². The molecule has 0 saturated carbocycles. The summed E-state index contributed by atoms with van der Waals surface area (Å²) < 4.78 is 33.2. The van der Waals surface area contributed by atoms with E-state index in [1.54, 1.807) is 20.5 Å². The van der Waals surface area contributed by atoms with Crippen molar-refractivity contribution in [1.29, 1.82) is 0 Å². The average molecular weight is 740 g/mol. The first-order valence-corrected chi connectivity index (χ1v) is 22.4. The van der Waals surface area contributed by atoms with Gasteiger partial charge in [0.25, 0.3) is 0 Å². The van der Waals surface area contributed by atoms with Gasteiger partial charge in [-0.15, -0.1) is 0 Å². The lowest BCUT2D eigenvalue weighted by Crippen LogP contribution is -2.51. The van der Waals surface area contributed by atoms with Crippen molar-refractivity contribution in [2.75, 3.05) is 20.8 Å². The summed E-state index contributed by atoms with van der Waals surface area (Å²) in [4.78, 5) is 4.82. The lowest BCUT2D eigenvalue weighted by Gasteiger charge is -2.44. The first-order chi connectivity index (χ1) is 19.5. The van der Waals surface area contributed by atoms with Crippen LogP contribution in [0.5, 0.6) is 0 Å². The third-order valence-corrected chi connectivity index (χ3v) is 19.6. The zero-order chi connectivity index (χ0) is 32.4. The summed E-state index contributed by atoms with van der Waals surface area (Å²) in [7, 11) is -0.469. The molecule has 5 atom stereocenters. The molecule has 1 heterocycles.